The highest BCUT2D eigenvalue weighted by molar-refractivity contribution is 9.11. The lowest BCUT2D eigenvalue weighted by molar-refractivity contribution is 0.230. The van der Waals surface area contributed by atoms with Crippen molar-refractivity contribution in [3.8, 4) is 0 Å². The van der Waals surface area contributed by atoms with E-state index in [0.717, 1.165) is 47.4 Å². The summed E-state index contributed by atoms with van der Waals surface area (Å²) in [5.74, 6) is 0. The first-order valence-electron chi connectivity index (χ1n) is 4.99. The normalized spacial score (nSPS) is 16.9. The Morgan fingerprint density at radius 2 is 2.00 bits per heavy atom. The van der Waals surface area contributed by atoms with Gasteiger partial charge < -0.3 is 5.32 Å². The fraction of sp³-hybridized carbons (Fsp3) is 0.500. The van der Waals surface area contributed by atoms with Crippen LogP contribution < -0.4 is 5.32 Å². The van der Waals surface area contributed by atoms with Crippen LogP contribution >= 0.6 is 44.3 Å². The van der Waals surface area contributed by atoms with Crippen LogP contribution in [0.5, 0.6) is 0 Å². The van der Waals surface area contributed by atoms with E-state index < -0.39 is 0 Å². The Morgan fingerprint density at radius 3 is 2.62 bits per heavy atom. The Kier molecular flexibility index (Phi) is 6.21. The topological polar surface area (TPSA) is 28.2 Å². The van der Waals surface area contributed by atoms with Crippen molar-refractivity contribution in [2.24, 2.45) is 0 Å². The Morgan fingerprint density at radius 1 is 1.31 bits per heavy atom. The van der Waals surface area contributed by atoms with Crippen LogP contribution in [0, 0.1) is 0 Å². The van der Waals surface area contributed by atoms with Crippen molar-refractivity contribution in [2.75, 3.05) is 26.2 Å². The second-order valence-corrected chi connectivity index (χ2v) is 5.38. The highest BCUT2D eigenvalue weighted by Crippen LogP contribution is 2.20. The average Bonchev–Trinajstić information content (AvgIpc) is 2.24. The molecule has 1 saturated heterocycles. The van der Waals surface area contributed by atoms with Crippen molar-refractivity contribution in [3.63, 3.8) is 0 Å². The monoisotopic (exact) mass is 369 g/mol. The highest BCUT2D eigenvalue weighted by Gasteiger charge is 2.12. The van der Waals surface area contributed by atoms with Crippen LogP contribution in [0.2, 0.25) is 0 Å². The van der Waals surface area contributed by atoms with E-state index in [9.17, 15) is 0 Å². The maximum Gasteiger partial charge on any atom is 0.0686 e. The van der Waals surface area contributed by atoms with Crippen LogP contribution in [0.25, 0.3) is 0 Å². The van der Waals surface area contributed by atoms with Gasteiger partial charge in [0.25, 0.3) is 0 Å². The second-order valence-electron chi connectivity index (χ2n) is 3.61. The molecule has 90 valence electrons. The lowest BCUT2D eigenvalue weighted by atomic mass is 10.3. The zero-order chi connectivity index (χ0) is 10.7. The van der Waals surface area contributed by atoms with Gasteiger partial charge in [-0.05, 0) is 37.9 Å². The minimum Gasteiger partial charge on any atom is -0.314 e. The number of pyridine rings is 1. The fourth-order valence-electron chi connectivity index (χ4n) is 1.64. The molecule has 1 aliphatic rings. The van der Waals surface area contributed by atoms with Crippen molar-refractivity contribution in [1.82, 2.24) is 15.2 Å². The maximum atomic E-state index is 4.42. The third-order valence-electron chi connectivity index (χ3n) is 2.47. The Hall–Kier alpha value is 0.320. The van der Waals surface area contributed by atoms with E-state index in [1.807, 2.05) is 12.3 Å². The second kappa shape index (κ2) is 6.91. The molecule has 0 aliphatic carbocycles. The van der Waals surface area contributed by atoms with Gasteiger partial charge in [-0.3, -0.25) is 9.88 Å². The number of piperazine rings is 1. The molecular weight excluding hydrogens is 357 g/mol. The molecule has 16 heavy (non-hydrogen) atoms. The first kappa shape index (κ1) is 14.4. The van der Waals surface area contributed by atoms with Crippen molar-refractivity contribution in [2.45, 2.75) is 6.54 Å². The Labute approximate surface area is 119 Å². The number of aromatic nitrogens is 1. The summed E-state index contributed by atoms with van der Waals surface area (Å²) in [4.78, 5) is 6.83. The van der Waals surface area contributed by atoms with Gasteiger partial charge in [-0.2, -0.15) is 0 Å². The molecule has 0 amide bonds. The number of hydrogen-bond donors (Lipinski definition) is 1. The summed E-state index contributed by atoms with van der Waals surface area (Å²) in [6.07, 6.45) is 1.85. The van der Waals surface area contributed by atoms with Crippen LogP contribution in [-0.2, 0) is 6.54 Å². The van der Waals surface area contributed by atoms with E-state index in [0.29, 0.717) is 0 Å². The molecular formula is C10H14Br2ClN3. The van der Waals surface area contributed by atoms with E-state index in [1.165, 1.54) is 0 Å². The SMILES string of the molecule is Brc1cnc(CN2CCNCC2)c(Br)c1.Cl. The summed E-state index contributed by atoms with van der Waals surface area (Å²) >= 11 is 6.94. The quantitative estimate of drug-likeness (QED) is 0.866. The van der Waals surface area contributed by atoms with Gasteiger partial charge in [0.15, 0.2) is 0 Å². The minimum atomic E-state index is 0. The molecule has 0 atom stereocenters. The molecule has 0 unspecified atom stereocenters. The molecule has 0 bridgehead atoms. The van der Waals surface area contributed by atoms with Crippen LogP contribution in [0.4, 0.5) is 0 Å². The maximum absolute atomic E-state index is 4.42. The summed E-state index contributed by atoms with van der Waals surface area (Å²) in [6, 6.07) is 2.05. The van der Waals surface area contributed by atoms with E-state index in [1.54, 1.807) is 0 Å². The summed E-state index contributed by atoms with van der Waals surface area (Å²) in [5, 5.41) is 3.34. The largest absolute Gasteiger partial charge is 0.314 e. The van der Waals surface area contributed by atoms with E-state index in [4.69, 9.17) is 0 Å². The van der Waals surface area contributed by atoms with Crippen LogP contribution in [-0.4, -0.2) is 36.1 Å². The van der Waals surface area contributed by atoms with Crippen molar-refractivity contribution in [3.05, 3.63) is 26.9 Å². The minimum absolute atomic E-state index is 0. The van der Waals surface area contributed by atoms with Crippen LogP contribution in [0.15, 0.2) is 21.2 Å². The Balaban J connectivity index is 0.00000128. The molecule has 2 rings (SSSR count). The fourth-order valence-corrected chi connectivity index (χ4v) is 2.75. The predicted octanol–water partition coefficient (Wildman–Crippen LogP) is 2.43. The van der Waals surface area contributed by atoms with E-state index in [-0.39, 0.29) is 12.4 Å². The molecule has 3 nitrogen and oxygen atoms in total. The molecule has 1 aliphatic heterocycles. The molecule has 2 heterocycles. The molecule has 0 aromatic carbocycles. The van der Waals surface area contributed by atoms with Gasteiger partial charge in [0, 0.05) is 47.9 Å². The van der Waals surface area contributed by atoms with Gasteiger partial charge in [0.1, 0.15) is 0 Å². The standard InChI is InChI=1S/C10H13Br2N3.ClH/c11-8-5-9(12)10(14-6-8)7-15-3-1-13-2-4-15;/h5-6,13H,1-4,7H2;1H. The number of halogens is 3. The van der Waals surface area contributed by atoms with Gasteiger partial charge in [-0.25, -0.2) is 0 Å². The van der Waals surface area contributed by atoms with E-state index in [2.05, 4.69) is 47.1 Å². The van der Waals surface area contributed by atoms with Gasteiger partial charge in [0.05, 0.1) is 5.69 Å². The molecule has 0 radical (unpaired) electrons. The number of nitrogens with zero attached hydrogens (tertiary/aromatic N) is 2. The third kappa shape index (κ3) is 3.96. The smallest absolute Gasteiger partial charge is 0.0686 e. The molecule has 0 saturated carbocycles. The zero-order valence-electron chi connectivity index (χ0n) is 8.75. The predicted molar refractivity (Wildman–Crippen MR) is 75.0 cm³/mol. The van der Waals surface area contributed by atoms with Crippen LogP contribution in [0.1, 0.15) is 5.69 Å². The first-order valence-corrected chi connectivity index (χ1v) is 6.57. The van der Waals surface area contributed by atoms with Gasteiger partial charge in [0.2, 0.25) is 0 Å². The molecule has 1 aromatic rings. The third-order valence-corrected chi connectivity index (χ3v) is 3.59. The summed E-state index contributed by atoms with van der Waals surface area (Å²) in [7, 11) is 0. The summed E-state index contributed by atoms with van der Waals surface area (Å²) < 4.78 is 2.09. The lowest BCUT2D eigenvalue weighted by Gasteiger charge is -2.27. The zero-order valence-corrected chi connectivity index (χ0v) is 12.7. The van der Waals surface area contributed by atoms with Gasteiger partial charge >= 0.3 is 0 Å². The Bertz CT molecular complexity index is 343. The van der Waals surface area contributed by atoms with Crippen molar-refractivity contribution >= 4 is 44.3 Å². The number of rotatable bonds is 2. The number of nitrogens with one attached hydrogen (secondary N) is 1. The molecule has 1 aromatic heterocycles. The molecule has 1 N–H and O–H groups in total. The first-order chi connectivity index (χ1) is 7.25. The molecule has 1 fully saturated rings. The highest BCUT2D eigenvalue weighted by atomic mass is 79.9. The van der Waals surface area contributed by atoms with Crippen molar-refractivity contribution in [1.29, 1.82) is 0 Å². The average molecular weight is 372 g/mol. The van der Waals surface area contributed by atoms with Gasteiger partial charge in [-0.1, -0.05) is 0 Å². The summed E-state index contributed by atoms with van der Waals surface area (Å²) in [5.41, 5.74) is 1.11. The van der Waals surface area contributed by atoms with Gasteiger partial charge in [-0.15, -0.1) is 12.4 Å². The van der Waals surface area contributed by atoms with E-state index >= 15 is 0 Å². The van der Waals surface area contributed by atoms with Crippen LogP contribution in [0.3, 0.4) is 0 Å². The molecule has 6 heteroatoms. The summed E-state index contributed by atoms with van der Waals surface area (Å²) in [6.45, 7) is 5.28. The molecule has 0 spiro atoms. The van der Waals surface area contributed by atoms with Crippen molar-refractivity contribution < 1.29 is 0 Å². The number of hydrogen-bond acceptors (Lipinski definition) is 3. The lowest BCUT2D eigenvalue weighted by Crippen LogP contribution is -2.43.